The molecule has 10 heteroatoms. The summed E-state index contributed by atoms with van der Waals surface area (Å²) in [5.41, 5.74) is -0.465. The third-order valence-corrected chi connectivity index (χ3v) is 18.9. The Morgan fingerprint density at radius 1 is 0.400 bits per heavy atom. The molecule has 0 aliphatic heterocycles. The van der Waals surface area contributed by atoms with Gasteiger partial charge in [0.15, 0.2) is 0 Å². The van der Waals surface area contributed by atoms with Crippen LogP contribution < -0.4 is 0 Å². The molecule has 6 aliphatic carbocycles. The van der Waals surface area contributed by atoms with Gasteiger partial charge in [-0.3, -0.25) is 9.80 Å². The normalized spacial score (nSPS) is 26.6. The van der Waals surface area contributed by atoms with Crippen LogP contribution in [0, 0.1) is 35.5 Å². The summed E-state index contributed by atoms with van der Waals surface area (Å²) in [4.78, 5) is 5.59. The molecule has 2 aromatic carbocycles. The summed E-state index contributed by atoms with van der Waals surface area (Å²) < 4.78 is 79.8. The molecule has 0 saturated heterocycles. The Labute approximate surface area is 452 Å². The fourth-order valence-corrected chi connectivity index (χ4v) is 15.4. The zero-order valence-electron chi connectivity index (χ0n) is 47.8. The molecule has 2 N–H and O–H groups in total. The molecular weight excluding hydrogens is 955 g/mol. The molecule has 0 heterocycles. The molecule has 0 radical (unpaired) electrons. The number of rotatable bonds is 17. The average molecular weight is 1060 g/mol. The van der Waals surface area contributed by atoms with Crippen LogP contribution in [0.5, 0.6) is 0 Å². The van der Waals surface area contributed by atoms with Gasteiger partial charge in [-0.25, -0.2) is 0 Å². The zero-order valence-corrected chi connectivity index (χ0v) is 47.8. The van der Waals surface area contributed by atoms with E-state index in [-0.39, 0.29) is 11.8 Å². The summed E-state index contributed by atoms with van der Waals surface area (Å²) in [6.45, 7) is 16.1. The van der Waals surface area contributed by atoms with E-state index >= 15 is 0 Å². The van der Waals surface area contributed by atoms with Gasteiger partial charge in [0.05, 0.1) is 22.3 Å². The highest BCUT2D eigenvalue weighted by atomic mass is 19.4. The van der Waals surface area contributed by atoms with Crippen LogP contribution in [0.4, 0.5) is 26.3 Å². The van der Waals surface area contributed by atoms with E-state index in [1.807, 2.05) is 41.5 Å². The minimum atomic E-state index is -4.30. The van der Waals surface area contributed by atoms with Crippen LogP contribution in [0.3, 0.4) is 0 Å². The number of hydrogen-bond acceptors (Lipinski definition) is 4. The lowest BCUT2D eigenvalue weighted by Crippen LogP contribution is -2.48. The second kappa shape index (κ2) is 29.4. The maximum Gasteiger partial charge on any atom is 0.416 e. The average Bonchev–Trinajstić information content (AvgIpc) is 3.38. The fourth-order valence-electron chi connectivity index (χ4n) is 15.4. The lowest BCUT2D eigenvalue weighted by molar-refractivity contribution is -0.138. The predicted molar refractivity (Wildman–Crippen MR) is 298 cm³/mol. The predicted octanol–water partition coefficient (Wildman–Crippen LogP) is 18.6. The molecule has 0 bridgehead atoms. The van der Waals surface area contributed by atoms with Gasteiger partial charge in [0, 0.05) is 31.7 Å². The highest BCUT2D eigenvalue weighted by Gasteiger charge is 2.41. The van der Waals surface area contributed by atoms with E-state index in [1.165, 1.54) is 159 Å². The third-order valence-electron chi connectivity index (χ3n) is 18.9. The largest absolute Gasteiger partial charge is 0.416 e. The minimum absolute atomic E-state index is 0.221. The molecule has 428 valence electrons. The number of alkyl halides is 6. The lowest BCUT2D eigenvalue weighted by atomic mass is 9.70. The molecule has 8 rings (SSSR count). The van der Waals surface area contributed by atoms with Crippen LogP contribution in [0.15, 0.2) is 48.5 Å². The first-order valence-corrected chi connectivity index (χ1v) is 30.9. The Kier molecular flexibility index (Phi) is 24.3. The Bertz CT molecular complexity index is 1840. The second-order valence-corrected chi connectivity index (χ2v) is 26.2. The monoisotopic (exact) mass is 1060 g/mol. The zero-order chi connectivity index (χ0) is 54.2. The highest BCUT2D eigenvalue weighted by Crippen LogP contribution is 2.46. The molecule has 6 atom stereocenters. The standard InChI is InChI=1S/C32H50F3NO.C31H48F3NO.C2H6/c1-31(2,37)22-26-13-18-30(29(21-26)27-14-16-28(17-15-27)32(33,34)35)36(23-25-11-7-4-8-12-25)20-19-24-9-5-3-6-10-24;1-30(2,36)20-25-13-18-29(28(19-25)26-14-16-27(17-15-26)31(32,33)34)35(21-23-9-5-3-6-10-23)22-24-11-7-4-8-12-24;1-2/h14-17,24-26,29-30,37H,3-13,18-23H2,1-2H3;14-17,23-25,28-29,36H,3-13,18-22H2,1-2H3;1-2H3. The molecule has 75 heavy (non-hydrogen) atoms. The van der Waals surface area contributed by atoms with Crippen LogP contribution in [0.1, 0.15) is 262 Å². The van der Waals surface area contributed by atoms with Gasteiger partial charge in [-0.1, -0.05) is 128 Å². The number of nitrogens with zero attached hydrogens (tertiary/aromatic N) is 2. The quantitative estimate of drug-likeness (QED) is 0.155. The third kappa shape index (κ3) is 20.5. The van der Waals surface area contributed by atoms with Crippen molar-refractivity contribution >= 4 is 0 Å². The number of hydrogen-bond donors (Lipinski definition) is 2. The Hall–Kier alpha value is -2.14. The van der Waals surface area contributed by atoms with Crippen molar-refractivity contribution in [3.63, 3.8) is 0 Å². The van der Waals surface area contributed by atoms with Crippen LogP contribution in [-0.2, 0) is 12.4 Å². The molecule has 6 saturated carbocycles. The van der Waals surface area contributed by atoms with Crippen LogP contribution >= 0.6 is 0 Å². The lowest BCUT2D eigenvalue weighted by Gasteiger charge is -2.46. The molecule has 6 unspecified atom stereocenters. The number of benzene rings is 2. The van der Waals surface area contributed by atoms with Crippen molar-refractivity contribution in [3.8, 4) is 0 Å². The topological polar surface area (TPSA) is 46.9 Å². The van der Waals surface area contributed by atoms with Crippen molar-refractivity contribution < 1.29 is 36.6 Å². The fraction of sp³-hybridized carbons (Fsp3) is 0.815. The summed E-state index contributed by atoms with van der Waals surface area (Å²) in [6.07, 6.45) is 27.2. The minimum Gasteiger partial charge on any atom is -0.390 e. The summed E-state index contributed by atoms with van der Waals surface area (Å²) in [7, 11) is 0. The summed E-state index contributed by atoms with van der Waals surface area (Å²) in [6, 6.07) is 12.8. The number of aliphatic hydroxyl groups is 2. The molecule has 4 nitrogen and oxygen atoms in total. The Balaban J connectivity index is 0.000000236. The molecule has 0 amide bonds. The van der Waals surface area contributed by atoms with E-state index in [4.69, 9.17) is 0 Å². The van der Waals surface area contributed by atoms with E-state index in [1.54, 1.807) is 24.3 Å². The summed E-state index contributed by atoms with van der Waals surface area (Å²) >= 11 is 0. The maximum atomic E-state index is 13.3. The Morgan fingerprint density at radius 3 is 1.03 bits per heavy atom. The van der Waals surface area contributed by atoms with Crippen molar-refractivity contribution in [2.75, 3.05) is 26.2 Å². The van der Waals surface area contributed by atoms with Crippen molar-refractivity contribution in [3.05, 3.63) is 70.8 Å². The van der Waals surface area contributed by atoms with E-state index in [0.717, 1.165) is 112 Å². The van der Waals surface area contributed by atoms with Gasteiger partial charge in [-0.15, -0.1) is 0 Å². The van der Waals surface area contributed by atoms with Crippen LogP contribution in [0.25, 0.3) is 0 Å². The maximum absolute atomic E-state index is 13.3. The van der Waals surface area contributed by atoms with E-state index < -0.39 is 34.7 Å². The first-order chi connectivity index (χ1) is 35.7. The van der Waals surface area contributed by atoms with Gasteiger partial charge < -0.3 is 10.2 Å². The summed E-state index contributed by atoms with van der Waals surface area (Å²) in [5, 5.41) is 21.1. The Morgan fingerprint density at radius 2 is 0.707 bits per heavy atom. The van der Waals surface area contributed by atoms with Crippen molar-refractivity contribution in [1.82, 2.24) is 9.80 Å². The van der Waals surface area contributed by atoms with E-state index in [2.05, 4.69) is 9.80 Å². The van der Waals surface area contributed by atoms with Crippen LogP contribution in [-0.4, -0.2) is 69.5 Å². The van der Waals surface area contributed by atoms with Gasteiger partial charge in [-0.2, -0.15) is 26.3 Å². The number of halogens is 6. The molecular formula is C65H104F6N2O2. The van der Waals surface area contributed by atoms with Gasteiger partial charge in [-0.05, 0) is 213 Å². The first kappa shape index (κ1) is 62.1. The smallest absolute Gasteiger partial charge is 0.390 e. The first-order valence-electron chi connectivity index (χ1n) is 30.9. The van der Waals surface area contributed by atoms with Crippen LogP contribution in [0.2, 0.25) is 0 Å². The molecule has 6 fully saturated rings. The van der Waals surface area contributed by atoms with Crippen molar-refractivity contribution in [2.24, 2.45) is 35.5 Å². The SMILES string of the molecule is CC.CC(C)(O)CC1CCC(N(CC2CCCCC2)CC2CCCCC2)C(c2ccc(C(F)(F)F)cc2)C1.CC(C)(O)CC1CCC(N(CCC2CCCCC2)CC2CCCCC2)C(c2ccc(C(F)(F)F)cc2)C1. The van der Waals surface area contributed by atoms with E-state index in [9.17, 15) is 36.6 Å². The van der Waals surface area contributed by atoms with Crippen molar-refractivity contribution in [2.45, 2.75) is 275 Å². The van der Waals surface area contributed by atoms with Gasteiger partial charge in [0.2, 0.25) is 0 Å². The highest BCUT2D eigenvalue weighted by molar-refractivity contribution is 5.30. The molecule has 0 aromatic heterocycles. The van der Waals surface area contributed by atoms with Gasteiger partial charge in [0.25, 0.3) is 0 Å². The second-order valence-electron chi connectivity index (χ2n) is 26.2. The molecule has 2 aromatic rings. The van der Waals surface area contributed by atoms with Gasteiger partial charge >= 0.3 is 12.4 Å². The van der Waals surface area contributed by atoms with Gasteiger partial charge in [0.1, 0.15) is 0 Å². The molecule has 0 spiro atoms. The van der Waals surface area contributed by atoms with Crippen molar-refractivity contribution in [1.29, 1.82) is 0 Å². The summed E-state index contributed by atoms with van der Waals surface area (Å²) in [5.74, 6) is 4.34. The van der Waals surface area contributed by atoms with E-state index in [0.29, 0.717) is 23.9 Å². The molecule has 6 aliphatic rings.